The van der Waals surface area contributed by atoms with Gasteiger partial charge in [-0.25, -0.2) is 0 Å². The molecule has 0 bridgehead atoms. The molecular weight excluding hydrogens is 364 g/mol. The van der Waals surface area contributed by atoms with E-state index in [1.54, 1.807) is 24.3 Å². The Balaban J connectivity index is 0.00000364. The molecule has 0 saturated carbocycles. The van der Waals surface area contributed by atoms with Crippen LogP contribution >= 0.6 is 12.4 Å². The second-order valence-corrected chi connectivity index (χ2v) is 6.34. The Morgan fingerprint density at radius 3 is 2.22 bits per heavy atom. The lowest BCUT2D eigenvalue weighted by molar-refractivity contribution is 0.0945. The van der Waals surface area contributed by atoms with Crippen molar-refractivity contribution in [1.82, 2.24) is 15.5 Å². The summed E-state index contributed by atoms with van der Waals surface area (Å²) in [5.74, 6) is -0.271. The zero-order valence-corrected chi connectivity index (χ0v) is 16.5. The van der Waals surface area contributed by atoms with Crippen LogP contribution in [0.25, 0.3) is 0 Å². The largest absolute Gasteiger partial charge is 0.351 e. The summed E-state index contributed by atoms with van der Waals surface area (Å²) in [5.41, 5.74) is 8.58. The van der Waals surface area contributed by atoms with Crippen molar-refractivity contribution in [3.8, 4) is 0 Å². The molecule has 2 aromatic carbocycles. The lowest BCUT2D eigenvalue weighted by Crippen LogP contribution is -2.31. The Bertz CT molecular complexity index is 748. The van der Waals surface area contributed by atoms with Gasteiger partial charge in [0.2, 0.25) is 0 Å². The minimum Gasteiger partial charge on any atom is -0.351 e. The molecule has 0 aliphatic heterocycles. The maximum Gasteiger partial charge on any atom is 0.251 e. The first-order chi connectivity index (χ1) is 12.5. The third-order valence-corrected chi connectivity index (χ3v) is 3.94. The standard InChI is InChI=1S/C20H26N4O2.ClH/c1-24(2)11-10-22-20(26)18-5-3-4-16(12-18)14-23-19(25)17-8-6-15(13-21)7-9-17;/h3-9,12H,10-11,13-14,21H2,1-2H3,(H,22,26)(H,23,25);1H. The predicted octanol–water partition coefficient (Wildman–Crippen LogP) is 1.79. The van der Waals surface area contributed by atoms with Crippen LogP contribution in [-0.2, 0) is 13.1 Å². The lowest BCUT2D eigenvalue weighted by Gasteiger charge is -2.11. The summed E-state index contributed by atoms with van der Waals surface area (Å²) in [6.07, 6.45) is 0. The van der Waals surface area contributed by atoms with Gasteiger partial charge in [0.15, 0.2) is 0 Å². The fraction of sp³-hybridized carbons (Fsp3) is 0.300. The smallest absolute Gasteiger partial charge is 0.251 e. The molecule has 27 heavy (non-hydrogen) atoms. The van der Waals surface area contributed by atoms with E-state index in [1.165, 1.54) is 0 Å². The van der Waals surface area contributed by atoms with Gasteiger partial charge in [0.05, 0.1) is 0 Å². The van der Waals surface area contributed by atoms with E-state index in [0.29, 0.717) is 30.8 Å². The van der Waals surface area contributed by atoms with Crippen LogP contribution in [0, 0.1) is 0 Å². The number of rotatable bonds is 8. The topological polar surface area (TPSA) is 87.5 Å². The average Bonchev–Trinajstić information content (AvgIpc) is 2.66. The number of nitrogens with one attached hydrogen (secondary N) is 2. The number of hydrogen-bond donors (Lipinski definition) is 3. The molecule has 2 aromatic rings. The fourth-order valence-electron chi connectivity index (χ4n) is 2.39. The molecule has 0 aliphatic rings. The number of hydrogen-bond acceptors (Lipinski definition) is 4. The molecule has 0 heterocycles. The van der Waals surface area contributed by atoms with E-state index in [-0.39, 0.29) is 24.2 Å². The third-order valence-electron chi connectivity index (χ3n) is 3.94. The van der Waals surface area contributed by atoms with E-state index < -0.39 is 0 Å². The van der Waals surface area contributed by atoms with Crippen LogP contribution in [0.2, 0.25) is 0 Å². The first kappa shape index (κ1) is 22.6. The quantitative estimate of drug-likeness (QED) is 0.641. The molecule has 7 heteroatoms. The van der Waals surface area contributed by atoms with E-state index >= 15 is 0 Å². The molecule has 0 fully saturated rings. The van der Waals surface area contributed by atoms with E-state index in [0.717, 1.165) is 17.7 Å². The van der Waals surface area contributed by atoms with Crippen molar-refractivity contribution in [3.05, 3.63) is 70.8 Å². The molecule has 0 aliphatic carbocycles. The number of nitrogens with zero attached hydrogens (tertiary/aromatic N) is 1. The summed E-state index contributed by atoms with van der Waals surface area (Å²) >= 11 is 0. The van der Waals surface area contributed by atoms with Crippen LogP contribution in [0.5, 0.6) is 0 Å². The lowest BCUT2D eigenvalue weighted by atomic mass is 10.1. The van der Waals surface area contributed by atoms with E-state index in [9.17, 15) is 9.59 Å². The van der Waals surface area contributed by atoms with Gasteiger partial charge in [-0.15, -0.1) is 12.4 Å². The highest BCUT2D eigenvalue weighted by Crippen LogP contribution is 2.07. The van der Waals surface area contributed by atoms with Crippen molar-refractivity contribution < 1.29 is 9.59 Å². The molecule has 146 valence electrons. The molecule has 0 aromatic heterocycles. The number of likely N-dealkylation sites (N-methyl/N-ethyl adjacent to an activating group) is 1. The minimum atomic E-state index is -0.158. The van der Waals surface area contributed by atoms with Gasteiger partial charge in [-0.05, 0) is 49.5 Å². The third kappa shape index (κ3) is 7.38. The van der Waals surface area contributed by atoms with Crippen molar-refractivity contribution >= 4 is 24.2 Å². The number of benzene rings is 2. The van der Waals surface area contributed by atoms with Gasteiger partial charge >= 0.3 is 0 Å². The first-order valence-electron chi connectivity index (χ1n) is 8.58. The van der Waals surface area contributed by atoms with Crippen LogP contribution < -0.4 is 16.4 Å². The van der Waals surface area contributed by atoms with Crippen molar-refractivity contribution in [2.24, 2.45) is 5.73 Å². The summed E-state index contributed by atoms with van der Waals surface area (Å²) in [6.45, 7) is 2.18. The van der Waals surface area contributed by atoms with Crippen molar-refractivity contribution in [2.45, 2.75) is 13.1 Å². The number of carbonyl (C=O) groups excluding carboxylic acids is 2. The van der Waals surface area contributed by atoms with Gasteiger partial charge in [0, 0.05) is 37.3 Å². The zero-order chi connectivity index (χ0) is 18.9. The zero-order valence-electron chi connectivity index (χ0n) is 15.7. The maximum atomic E-state index is 12.2. The maximum absolute atomic E-state index is 12.2. The molecular formula is C20H27ClN4O2. The van der Waals surface area contributed by atoms with Gasteiger partial charge < -0.3 is 21.3 Å². The Kier molecular flexibility index (Phi) is 9.50. The van der Waals surface area contributed by atoms with Crippen LogP contribution in [0.1, 0.15) is 31.8 Å². The van der Waals surface area contributed by atoms with Crippen LogP contribution in [0.3, 0.4) is 0 Å². The van der Waals surface area contributed by atoms with Crippen molar-refractivity contribution in [2.75, 3.05) is 27.2 Å². The predicted molar refractivity (Wildman–Crippen MR) is 110 cm³/mol. The summed E-state index contributed by atoms with van der Waals surface area (Å²) in [6, 6.07) is 14.5. The Morgan fingerprint density at radius 1 is 0.926 bits per heavy atom. The average molecular weight is 391 g/mol. The number of carbonyl (C=O) groups is 2. The molecule has 0 spiro atoms. The van der Waals surface area contributed by atoms with Gasteiger partial charge in [-0.3, -0.25) is 9.59 Å². The Labute approximate surface area is 166 Å². The molecule has 0 unspecified atom stereocenters. The minimum absolute atomic E-state index is 0. The van der Waals surface area contributed by atoms with Crippen molar-refractivity contribution in [1.29, 1.82) is 0 Å². The van der Waals surface area contributed by atoms with E-state index in [4.69, 9.17) is 5.73 Å². The van der Waals surface area contributed by atoms with Gasteiger partial charge in [-0.1, -0.05) is 24.3 Å². The first-order valence-corrected chi connectivity index (χ1v) is 8.58. The summed E-state index contributed by atoms with van der Waals surface area (Å²) in [4.78, 5) is 26.4. The van der Waals surface area contributed by atoms with Crippen molar-refractivity contribution in [3.63, 3.8) is 0 Å². The number of nitrogens with two attached hydrogens (primary N) is 1. The van der Waals surface area contributed by atoms with Crippen LogP contribution in [0.4, 0.5) is 0 Å². The van der Waals surface area contributed by atoms with Crippen LogP contribution in [-0.4, -0.2) is 43.9 Å². The van der Waals surface area contributed by atoms with Gasteiger partial charge in [0.1, 0.15) is 0 Å². The SMILES string of the molecule is CN(C)CCNC(=O)c1cccc(CNC(=O)c2ccc(CN)cc2)c1.Cl. The number of halogens is 1. The summed E-state index contributed by atoms with van der Waals surface area (Å²) in [5, 5.41) is 5.75. The summed E-state index contributed by atoms with van der Waals surface area (Å²) in [7, 11) is 3.91. The summed E-state index contributed by atoms with van der Waals surface area (Å²) < 4.78 is 0. The molecule has 2 amide bonds. The highest BCUT2D eigenvalue weighted by atomic mass is 35.5. The highest BCUT2D eigenvalue weighted by molar-refractivity contribution is 5.95. The molecule has 0 radical (unpaired) electrons. The second-order valence-electron chi connectivity index (χ2n) is 6.34. The van der Waals surface area contributed by atoms with Gasteiger partial charge in [0.25, 0.3) is 11.8 Å². The molecule has 6 nitrogen and oxygen atoms in total. The number of amides is 2. The van der Waals surface area contributed by atoms with E-state index in [2.05, 4.69) is 10.6 Å². The molecule has 4 N–H and O–H groups in total. The Morgan fingerprint density at radius 2 is 1.59 bits per heavy atom. The highest BCUT2D eigenvalue weighted by Gasteiger charge is 2.08. The molecule has 0 atom stereocenters. The Hall–Kier alpha value is -2.41. The van der Waals surface area contributed by atoms with Crippen LogP contribution in [0.15, 0.2) is 48.5 Å². The molecule has 2 rings (SSSR count). The normalized spacial score (nSPS) is 10.2. The monoisotopic (exact) mass is 390 g/mol. The molecule has 0 saturated heterocycles. The van der Waals surface area contributed by atoms with Gasteiger partial charge in [-0.2, -0.15) is 0 Å². The van der Waals surface area contributed by atoms with E-state index in [1.807, 2.05) is 43.3 Å². The second kappa shape index (κ2) is 11.3. The fourth-order valence-corrected chi connectivity index (χ4v) is 2.39.